The Morgan fingerprint density at radius 3 is 2.46 bits per heavy atom. The van der Waals surface area contributed by atoms with Crippen LogP contribution in [0.5, 0.6) is 28.7 Å². The van der Waals surface area contributed by atoms with Gasteiger partial charge in [0.1, 0.15) is 23.4 Å². The molecule has 26 heavy (non-hydrogen) atoms. The van der Waals surface area contributed by atoms with Crippen LogP contribution < -0.4 is 4.74 Å². The van der Waals surface area contributed by atoms with E-state index in [1.54, 1.807) is 0 Å². The number of amides is 1. The Hall–Kier alpha value is -3.29. The van der Waals surface area contributed by atoms with Crippen molar-refractivity contribution in [1.82, 2.24) is 4.90 Å². The van der Waals surface area contributed by atoms with E-state index in [9.17, 15) is 25.2 Å². The van der Waals surface area contributed by atoms with Crippen molar-refractivity contribution in [3.05, 3.63) is 41.5 Å². The minimum Gasteiger partial charge on any atom is -0.508 e. The van der Waals surface area contributed by atoms with E-state index in [1.165, 1.54) is 49.3 Å². The van der Waals surface area contributed by atoms with Crippen LogP contribution >= 0.6 is 0 Å². The summed E-state index contributed by atoms with van der Waals surface area (Å²) in [4.78, 5) is 13.3. The maximum Gasteiger partial charge on any atom is 0.409 e. The third-order valence-electron chi connectivity index (χ3n) is 4.11. The van der Waals surface area contributed by atoms with Gasteiger partial charge in [-0.2, -0.15) is 0 Å². The number of hydrogen-bond acceptors (Lipinski definition) is 7. The van der Waals surface area contributed by atoms with E-state index in [0.29, 0.717) is 11.1 Å². The number of nitrogens with zero attached hydrogens (tertiary/aromatic N) is 1. The summed E-state index contributed by atoms with van der Waals surface area (Å²) in [6, 6.07) is 6.67. The number of benzene rings is 2. The summed E-state index contributed by atoms with van der Waals surface area (Å²) in [7, 11) is 3.08. The second-order valence-corrected chi connectivity index (χ2v) is 6.25. The average Bonchev–Trinajstić information content (AvgIpc) is 2.57. The molecule has 0 saturated carbocycles. The SMILES string of the molecule is CN(C)C(=O)O[C@@H]1Cc2c(O)cc(O)cc2OC1c1ccc(O)c(O)c1. The number of aromatic hydroxyl groups is 4. The van der Waals surface area contributed by atoms with E-state index in [2.05, 4.69) is 0 Å². The van der Waals surface area contributed by atoms with Crippen molar-refractivity contribution in [3.8, 4) is 28.7 Å². The molecule has 0 spiro atoms. The van der Waals surface area contributed by atoms with Crippen molar-refractivity contribution in [2.45, 2.75) is 18.6 Å². The highest BCUT2D eigenvalue weighted by atomic mass is 16.6. The van der Waals surface area contributed by atoms with Gasteiger partial charge in [-0.25, -0.2) is 4.79 Å². The Balaban J connectivity index is 2.02. The van der Waals surface area contributed by atoms with Crippen LogP contribution in [0.4, 0.5) is 4.79 Å². The first-order valence-electron chi connectivity index (χ1n) is 7.87. The van der Waals surface area contributed by atoms with Gasteiger partial charge in [-0.05, 0) is 12.1 Å². The fourth-order valence-electron chi connectivity index (χ4n) is 2.79. The van der Waals surface area contributed by atoms with Crippen LogP contribution in [-0.2, 0) is 11.2 Å². The minimum absolute atomic E-state index is 0.146. The molecule has 0 aliphatic carbocycles. The Morgan fingerprint density at radius 2 is 1.81 bits per heavy atom. The smallest absolute Gasteiger partial charge is 0.409 e. The van der Waals surface area contributed by atoms with Crippen LogP contribution in [0.3, 0.4) is 0 Å². The van der Waals surface area contributed by atoms with Crippen molar-refractivity contribution >= 4 is 6.09 Å². The lowest BCUT2D eigenvalue weighted by Crippen LogP contribution is -2.37. The molecule has 2 aromatic carbocycles. The second-order valence-electron chi connectivity index (χ2n) is 6.25. The van der Waals surface area contributed by atoms with E-state index < -0.39 is 18.3 Å². The van der Waals surface area contributed by atoms with Gasteiger partial charge in [0.2, 0.25) is 0 Å². The Kier molecular flexibility index (Phi) is 4.41. The van der Waals surface area contributed by atoms with Gasteiger partial charge in [0.05, 0.1) is 0 Å². The highest BCUT2D eigenvalue weighted by molar-refractivity contribution is 5.67. The maximum atomic E-state index is 12.0. The zero-order valence-corrected chi connectivity index (χ0v) is 14.2. The molecule has 0 radical (unpaired) electrons. The molecular formula is C18H19NO7. The molecule has 1 heterocycles. The van der Waals surface area contributed by atoms with E-state index in [0.717, 1.165) is 0 Å². The number of ether oxygens (including phenoxy) is 2. The standard InChI is InChI=1S/C18H19NO7/c1-19(2)18(24)26-16-8-11-13(22)6-10(20)7-15(11)25-17(16)9-3-4-12(21)14(23)5-9/h3-7,16-17,20-23H,8H2,1-2H3/t16-,17?/m1/s1. The number of carbonyl (C=O) groups excluding carboxylic acids is 1. The van der Waals surface area contributed by atoms with Gasteiger partial charge in [-0.1, -0.05) is 6.07 Å². The molecule has 1 aliphatic rings. The van der Waals surface area contributed by atoms with E-state index >= 15 is 0 Å². The molecule has 0 fully saturated rings. The number of rotatable bonds is 2. The topological polar surface area (TPSA) is 120 Å². The monoisotopic (exact) mass is 361 g/mol. The summed E-state index contributed by atoms with van der Waals surface area (Å²) in [6.07, 6.45) is -2.04. The van der Waals surface area contributed by atoms with Gasteiger partial charge in [-0.3, -0.25) is 0 Å². The predicted molar refractivity (Wildman–Crippen MR) is 90.6 cm³/mol. The zero-order chi connectivity index (χ0) is 19.0. The summed E-state index contributed by atoms with van der Waals surface area (Å²) in [5.41, 5.74) is 0.865. The summed E-state index contributed by atoms with van der Waals surface area (Å²) in [5.74, 6) is -0.720. The molecule has 0 bridgehead atoms. The van der Waals surface area contributed by atoms with Gasteiger partial charge in [0.25, 0.3) is 0 Å². The van der Waals surface area contributed by atoms with Crippen molar-refractivity contribution in [2.24, 2.45) is 0 Å². The minimum atomic E-state index is -0.806. The van der Waals surface area contributed by atoms with Crippen LogP contribution in [0.1, 0.15) is 17.2 Å². The highest BCUT2D eigenvalue weighted by Crippen LogP contribution is 2.43. The molecule has 2 atom stereocenters. The molecule has 3 rings (SSSR count). The summed E-state index contributed by atoms with van der Waals surface area (Å²) < 4.78 is 11.3. The quantitative estimate of drug-likeness (QED) is 0.606. The van der Waals surface area contributed by atoms with Gasteiger partial charge < -0.3 is 34.8 Å². The third-order valence-corrected chi connectivity index (χ3v) is 4.11. The van der Waals surface area contributed by atoms with E-state index in [4.69, 9.17) is 9.47 Å². The Bertz CT molecular complexity index is 850. The second kappa shape index (κ2) is 6.55. The van der Waals surface area contributed by atoms with Crippen molar-refractivity contribution in [3.63, 3.8) is 0 Å². The van der Waals surface area contributed by atoms with Gasteiger partial charge >= 0.3 is 6.09 Å². The molecule has 0 saturated heterocycles. The lowest BCUT2D eigenvalue weighted by molar-refractivity contribution is -0.00761. The first-order valence-corrected chi connectivity index (χ1v) is 7.87. The maximum absolute atomic E-state index is 12.0. The molecule has 1 aliphatic heterocycles. The average molecular weight is 361 g/mol. The zero-order valence-electron chi connectivity index (χ0n) is 14.2. The fourth-order valence-corrected chi connectivity index (χ4v) is 2.79. The van der Waals surface area contributed by atoms with Crippen LogP contribution in [-0.4, -0.2) is 51.6 Å². The molecule has 8 nitrogen and oxygen atoms in total. The number of carbonyl (C=O) groups is 1. The summed E-state index contributed by atoms with van der Waals surface area (Å²) >= 11 is 0. The number of phenolic OH excluding ortho intramolecular Hbond substituents is 4. The van der Waals surface area contributed by atoms with Crippen molar-refractivity contribution in [1.29, 1.82) is 0 Å². The van der Waals surface area contributed by atoms with Crippen LogP contribution in [0, 0.1) is 0 Å². The Morgan fingerprint density at radius 1 is 1.08 bits per heavy atom. The molecule has 1 unspecified atom stereocenters. The van der Waals surface area contributed by atoms with Crippen LogP contribution in [0.25, 0.3) is 0 Å². The van der Waals surface area contributed by atoms with Crippen molar-refractivity contribution < 1.29 is 34.7 Å². The Labute approximate surface area is 149 Å². The molecule has 8 heteroatoms. The first-order chi connectivity index (χ1) is 12.3. The van der Waals surface area contributed by atoms with Crippen LogP contribution in [0.15, 0.2) is 30.3 Å². The van der Waals surface area contributed by atoms with Crippen LogP contribution in [0.2, 0.25) is 0 Å². The first kappa shape index (κ1) is 17.5. The number of fused-ring (bicyclic) bond motifs is 1. The molecule has 2 aromatic rings. The highest BCUT2D eigenvalue weighted by Gasteiger charge is 2.36. The third kappa shape index (κ3) is 3.26. The molecule has 1 amide bonds. The van der Waals surface area contributed by atoms with E-state index in [-0.39, 0.29) is 35.2 Å². The summed E-state index contributed by atoms with van der Waals surface area (Å²) in [6.45, 7) is 0. The largest absolute Gasteiger partial charge is 0.508 e. The predicted octanol–water partition coefficient (Wildman–Crippen LogP) is 2.25. The lowest BCUT2D eigenvalue weighted by Gasteiger charge is -2.34. The van der Waals surface area contributed by atoms with E-state index in [1.807, 2.05) is 0 Å². The van der Waals surface area contributed by atoms with Gasteiger partial charge in [0.15, 0.2) is 17.6 Å². The lowest BCUT2D eigenvalue weighted by atomic mass is 9.93. The fraction of sp³-hybridized carbons (Fsp3) is 0.278. The molecular weight excluding hydrogens is 342 g/mol. The van der Waals surface area contributed by atoms with Crippen molar-refractivity contribution in [2.75, 3.05) is 14.1 Å². The van der Waals surface area contributed by atoms with Gasteiger partial charge in [-0.15, -0.1) is 0 Å². The molecule has 4 N–H and O–H groups in total. The van der Waals surface area contributed by atoms with Gasteiger partial charge in [0, 0.05) is 43.8 Å². The molecule has 138 valence electrons. The summed E-state index contributed by atoms with van der Waals surface area (Å²) in [5, 5.41) is 39.0. The molecule has 0 aromatic heterocycles. The number of phenols is 4. The normalized spacial score (nSPS) is 18.5. The number of hydrogen-bond donors (Lipinski definition) is 4.